The summed E-state index contributed by atoms with van der Waals surface area (Å²) in [6, 6.07) is 5.02. The number of aromatic nitrogens is 2. The predicted molar refractivity (Wildman–Crippen MR) is 73.9 cm³/mol. The Morgan fingerprint density at radius 3 is 2.50 bits per heavy atom. The molecule has 2 rings (SSSR count). The molecule has 1 amide bonds. The molecule has 7 nitrogen and oxygen atoms in total. The Morgan fingerprint density at radius 1 is 1.15 bits per heavy atom. The number of hydrogen-bond donors (Lipinski definition) is 2. The molecule has 0 radical (unpaired) electrons. The van der Waals surface area contributed by atoms with Gasteiger partial charge in [0.15, 0.2) is 23.0 Å². The van der Waals surface area contributed by atoms with E-state index in [0.29, 0.717) is 17.2 Å². The van der Waals surface area contributed by atoms with Crippen molar-refractivity contribution in [3.05, 3.63) is 36.3 Å². The van der Waals surface area contributed by atoms with Gasteiger partial charge in [-0.15, -0.1) is 0 Å². The fourth-order valence-electron chi connectivity index (χ4n) is 1.63. The highest BCUT2D eigenvalue weighted by molar-refractivity contribution is 6.05. The first-order chi connectivity index (χ1) is 9.65. The normalized spacial score (nSPS) is 9.90. The molecule has 0 fully saturated rings. The van der Waals surface area contributed by atoms with Gasteiger partial charge in [0, 0.05) is 24.1 Å². The third-order valence-electron chi connectivity index (χ3n) is 2.58. The Balaban J connectivity index is 2.22. The molecular weight excluding hydrogens is 260 g/mol. The number of rotatable bonds is 4. The summed E-state index contributed by atoms with van der Waals surface area (Å²) >= 11 is 0. The Labute approximate surface area is 115 Å². The van der Waals surface area contributed by atoms with E-state index in [2.05, 4.69) is 15.3 Å². The maximum atomic E-state index is 12.0. The minimum absolute atomic E-state index is 0.0716. The number of nitrogen functional groups attached to an aromatic ring is 1. The minimum atomic E-state index is -0.442. The number of nitrogens with one attached hydrogen (secondary N) is 1. The SMILES string of the molecule is COc1ccc(NC(=O)c2nccnc2N)cc1OC. The average Bonchev–Trinajstić information content (AvgIpc) is 2.47. The highest BCUT2D eigenvalue weighted by Crippen LogP contribution is 2.29. The number of carbonyl (C=O) groups excluding carboxylic acids is 1. The summed E-state index contributed by atoms with van der Waals surface area (Å²) in [6.07, 6.45) is 2.82. The molecule has 0 aliphatic rings. The van der Waals surface area contributed by atoms with Crippen LogP contribution in [-0.2, 0) is 0 Å². The van der Waals surface area contributed by atoms with Gasteiger partial charge in [0.2, 0.25) is 0 Å². The number of hydrogen-bond acceptors (Lipinski definition) is 6. The lowest BCUT2D eigenvalue weighted by atomic mass is 10.2. The molecule has 0 bridgehead atoms. The van der Waals surface area contributed by atoms with E-state index < -0.39 is 5.91 Å². The summed E-state index contributed by atoms with van der Waals surface area (Å²) < 4.78 is 10.3. The van der Waals surface area contributed by atoms with Gasteiger partial charge in [-0.25, -0.2) is 9.97 Å². The van der Waals surface area contributed by atoms with Crippen molar-refractivity contribution < 1.29 is 14.3 Å². The van der Waals surface area contributed by atoms with E-state index in [0.717, 1.165) is 0 Å². The summed E-state index contributed by atoms with van der Waals surface area (Å²) in [5, 5.41) is 2.67. The highest BCUT2D eigenvalue weighted by Gasteiger charge is 2.13. The summed E-state index contributed by atoms with van der Waals surface area (Å²) in [5.74, 6) is 0.718. The number of carbonyl (C=O) groups is 1. The van der Waals surface area contributed by atoms with E-state index in [1.165, 1.54) is 26.6 Å². The third-order valence-corrected chi connectivity index (χ3v) is 2.58. The molecule has 3 N–H and O–H groups in total. The van der Waals surface area contributed by atoms with Crippen molar-refractivity contribution >= 4 is 17.4 Å². The predicted octanol–water partition coefficient (Wildman–Crippen LogP) is 1.33. The molecular formula is C13H14N4O3. The number of ether oxygens (including phenoxy) is 2. The van der Waals surface area contributed by atoms with Gasteiger partial charge >= 0.3 is 0 Å². The van der Waals surface area contributed by atoms with E-state index in [1.807, 2.05) is 0 Å². The Bertz CT molecular complexity index is 631. The van der Waals surface area contributed by atoms with Crippen LogP contribution >= 0.6 is 0 Å². The molecule has 0 atom stereocenters. The van der Waals surface area contributed by atoms with Crippen molar-refractivity contribution in [3.8, 4) is 11.5 Å². The van der Waals surface area contributed by atoms with Crippen LogP contribution in [0.25, 0.3) is 0 Å². The van der Waals surface area contributed by atoms with Crippen molar-refractivity contribution in [1.29, 1.82) is 0 Å². The van der Waals surface area contributed by atoms with Crippen molar-refractivity contribution in [2.45, 2.75) is 0 Å². The number of methoxy groups -OCH3 is 2. The van der Waals surface area contributed by atoms with Gasteiger partial charge in [0.05, 0.1) is 14.2 Å². The summed E-state index contributed by atoms with van der Waals surface area (Å²) in [5.41, 5.74) is 6.21. The molecule has 0 saturated carbocycles. The van der Waals surface area contributed by atoms with Gasteiger partial charge < -0.3 is 20.5 Å². The summed E-state index contributed by atoms with van der Waals surface area (Å²) in [4.78, 5) is 19.7. The number of amides is 1. The molecule has 1 heterocycles. The van der Waals surface area contributed by atoms with E-state index in [9.17, 15) is 4.79 Å². The second-order valence-electron chi connectivity index (χ2n) is 3.81. The van der Waals surface area contributed by atoms with Crippen LogP contribution < -0.4 is 20.5 Å². The van der Waals surface area contributed by atoms with E-state index in [-0.39, 0.29) is 11.5 Å². The molecule has 0 unspecified atom stereocenters. The Morgan fingerprint density at radius 2 is 1.85 bits per heavy atom. The lowest BCUT2D eigenvalue weighted by Gasteiger charge is -2.10. The first-order valence-electron chi connectivity index (χ1n) is 5.75. The third kappa shape index (κ3) is 2.77. The molecule has 20 heavy (non-hydrogen) atoms. The summed E-state index contributed by atoms with van der Waals surface area (Å²) in [6.45, 7) is 0. The second kappa shape index (κ2) is 5.87. The van der Waals surface area contributed by atoms with Gasteiger partial charge in [0.25, 0.3) is 5.91 Å². The molecule has 2 aromatic rings. The van der Waals surface area contributed by atoms with Crippen LogP contribution in [0.3, 0.4) is 0 Å². The van der Waals surface area contributed by atoms with E-state index in [1.54, 1.807) is 18.2 Å². The fourth-order valence-corrected chi connectivity index (χ4v) is 1.63. The Kier molecular flexibility index (Phi) is 3.99. The van der Waals surface area contributed by atoms with Crippen LogP contribution in [0.4, 0.5) is 11.5 Å². The van der Waals surface area contributed by atoms with Crippen molar-refractivity contribution in [3.63, 3.8) is 0 Å². The zero-order chi connectivity index (χ0) is 14.5. The average molecular weight is 274 g/mol. The minimum Gasteiger partial charge on any atom is -0.493 e. The monoisotopic (exact) mass is 274 g/mol. The fraction of sp³-hybridized carbons (Fsp3) is 0.154. The molecule has 0 saturated heterocycles. The molecule has 7 heteroatoms. The molecule has 1 aromatic heterocycles. The summed E-state index contributed by atoms with van der Waals surface area (Å²) in [7, 11) is 3.06. The van der Waals surface area contributed by atoms with Crippen LogP contribution in [0.15, 0.2) is 30.6 Å². The lowest BCUT2D eigenvalue weighted by Crippen LogP contribution is -2.16. The van der Waals surface area contributed by atoms with Crippen LogP contribution in [0.1, 0.15) is 10.5 Å². The number of nitrogens with two attached hydrogens (primary N) is 1. The maximum Gasteiger partial charge on any atom is 0.278 e. The van der Waals surface area contributed by atoms with Gasteiger partial charge in [0.1, 0.15) is 0 Å². The number of nitrogens with zero attached hydrogens (tertiary/aromatic N) is 2. The molecule has 0 spiro atoms. The van der Waals surface area contributed by atoms with E-state index in [4.69, 9.17) is 15.2 Å². The maximum absolute atomic E-state index is 12.0. The first kappa shape index (κ1) is 13.6. The topological polar surface area (TPSA) is 99.4 Å². The van der Waals surface area contributed by atoms with Crippen LogP contribution in [0, 0.1) is 0 Å². The molecule has 0 aliphatic carbocycles. The highest BCUT2D eigenvalue weighted by atomic mass is 16.5. The quantitative estimate of drug-likeness (QED) is 0.872. The van der Waals surface area contributed by atoms with Gasteiger partial charge in [-0.3, -0.25) is 4.79 Å². The molecule has 0 aliphatic heterocycles. The standard InChI is InChI=1S/C13H14N4O3/c1-19-9-4-3-8(7-10(9)20-2)17-13(18)11-12(14)16-6-5-15-11/h3-7H,1-2H3,(H2,14,16)(H,17,18). The van der Waals surface area contributed by atoms with Crippen molar-refractivity contribution in [2.75, 3.05) is 25.3 Å². The van der Waals surface area contributed by atoms with Crippen LogP contribution in [0.2, 0.25) is 0 Å². The second-order valence-corrected chi connectivity index (χ2v) is 3.81. The molecule has 1 aromatic carbocycles. The largest absolute Gasteiger partial charge is 0.493 e. The lowest BCUT2D eigenvalue weighted by molar-refractivity contribution is 0.102. The number of anilines is 2. The van der Waals surface area contributed by atoms with Crippen LogP contribution in [-0.4, -0.2) is 30.1 Å². The van der Waals surface area contributed by atoms with E-state index >= 15 is 0 Å². The van der Waals surface area contributed by atoms with Gasteiger partial charge in [-0.2, -0.15) is 0 Å². The van der Waals surface area contributed by atoms with Crippen molar-refractivity contribution in [2.24, 2.45) is 0 Å². The smallest absolute Gasteiger partial charge is 0.278 e. The van der Waals surface area contributed by atoms with Gasteiger partial charge in [-0.1, -0.05) is 0 Å². The first-order valence-corrected chi connectivity index (χ1v) is 5.75. The van der Waals surface area contributed by atoms with Crippen molar-refractivity contribution in [1.82, 2.24) is 9.97 Å². The number of benzene rings is 1. The van der Waals surface area contributed by atoms with Crippen LogP contribution in [0.5, 0.6) is 11.5 Å². The van der Waals surface area contributed by atoms with Gasteiger partial charge in [-0.05, 0) is 12.1 Å². The Hall–Kier alpha value is -2.83. The zero-order valence-electron chi connectivity index (χ0n) is 11.1. The molecule has 104 valence electrons. The zero-order valence-corrected chi connectivity index (χ0v) is 11.1.